The Labute approximate surface area is 212 Å². The molecule has 0 saturated carbocycles. The van der Waals surface area contributed by atoms with E-state index < -0.39 is 0 Å². The summed E-state index contributed by atoms with van der Waals surface area (Å²) in [5.41, 5.74) is 2.26. The summed E-state index contributed by atoms with van der Waals surface area (Å²) >= 11 is 6.13. The van der Waals surface area contributed by atoms with E-state index in [2.05, 4.69) is 20.6 Å². The largest absolute Gasteiger partial charge is 0.360 e. The maximum atomic E-state index is 12.9. The SMILES string of the molecule is O=C(N=CC1CCNC[C@H]1NC(=O)c1ccc2c(Cl)c[nH]c2c1)c1ccc(-n2ccccc2=O)cc1. The molecule has 2 atom stereocenters. The molecule has 2 aromatic carbocycles. The lowest BCUT2D eigenvalue weighted by atomic mass is 9.93. The van der Waals surface area contributed by atoms with Crippen molar-refractivity contribution in [2.45, 2.75) is 12.5 Å². The Bertz CT molecular complexity index is 1510. The molecular weight excluding hydrogens is 478 g/mol. The molecule has 5 rings (SSSR count). The topological polar surface area (TPSA) is 108 Å². The van der Waals surface area contributed by atoms with Gasteiger partial charge in [-0.25, -0.2) is 4.99 Å². The van der Waals surface area contributed by atoms with Gasteiger partial charge in [0.15, 0.2) is 0 Å². The van der Waals surface area contributed by atoms with E-state index in [1.54, 1.807) is 67.1 Å². The summed E-state index contributed by atoms with van der Waals surface area (Å²) in [6.45, 7) is 1.35. The maximum absolute atomic E-state index is 12.9. The Kier molecular flexibility index (Phi) is 6.79. The van der Waals surface area contributed by atoms with Gasteiger partial charge in [-0.3, -0.25) is 19.0 Å². The number of carbonyl (C=O) groups excluding carboxylic acids is 2. The second-order valence-electron chi connectivity index (χ2n) is 8.67. The van der Waals surface area contributed by atoms with Gasteiger partial charge in [0.05, 0.1) is 5.02 Å². The van der Waals surface area contributed by atoms with Gasteiger partial charge in [0.1, 0.15) is 0 Å². The lowest BCUT2D eigenvalue weighted by Crippen LogP contribution is -2.51. The molecule has 1 aliphatic heterocycles. The van der Waals surface area contributed by atoms with E-state index in [1.165, 1.54) is 10.6 Å². The molecule has 2 amide bonds. The smallest absolute Gasteiger partial charge is 0.276 e. The van der Waals surface area contributed by atoms with Gasteiger partial charge in [0.25, 0.3) is 17.4 Å². The number of hydrogen-bond acceptors (Lipinski definition) is 4. The van der Waals surface area contributed by atoms with Crippen molar-refractivity contribution in [3.05, 3.63) is 99.6 Å². The molecule has 0 radical (unpaired) electrons. The number of fused-ring (bicyclic) bond motifs is 1. The molecule has 8 nitrogen and oxygen atoms in total. The summed E-state index contributed by atoms with van der Waals surface area (Å²) in [4.78, 5) is 44.9. The van der Waals surface area contributed by atoms with Gasteiger partial charge in [0.2, 0.25) is 0 Å². The van der Waals surface area contributed by atoms with Crippen molar-refractivity contribution < 1.29 is 9.59 Å². The normalized spacial score (nSPS) is 17.9. The second kappa shape index (κ2) is 10.3. The average Bonchev–Trinajstić information content (AvgIpc) is 3.28. The van der Waals surface area contributed by atoms with Gasteiger partial charge in [-0.15, -0.1) is 0 Å². The first-order valence-corrected chi connectivity index (χ1v) is 12.0. The van der Waals surface area contributed by atoms with Gasteiger partial charge in [-0.1, -0.05) is 23.7 Å². The fraction of sp³-hybridized carbons (Fsp3) is 0.185. The first-order chi connectivity index (χ1) is 17.5. The Balaban J connectivity index is 1.26. The number of aromatic nitrogens is 2. The van der Waals surface area contributed by atoms with E-state index in [0.29, 0.717) is 28.4 Å². The van der Waals surface area contributed by atoms with E-state index in [1.807, 2.05) is 6.07 Å². The van der Waals surface area contributed by atoms with Crippen LogP contribution in [0.3, 0.4) is 0 Å². The Morgan fingerprint density at radius 1 is 1.08 bits per heavy atom. The molecular formula is C27H24ClN5O3. The van der Waals surface area contributed by atoms with Crippen molar-refractivity contribution in [1.82, 2.24) is 20.2 Å². The van der Waals surface area contributed by atoms with E-state index in [9.17, 15) is 14.4 Å². The number of hydrogen-bond donors (Lipinski definition) is 3. The maximum Gasteiger partial charge on any atom is 0.276 e. The number of pyridine rings is 1. The van der Waals surface area contributed by atoms with Crippen molar-refractivity contribution in [2.75, 3.05) is 13.1 Å². The van der Waals surface area contributed by atoms with Gasteiger partial charge < -0.3 is 15.6 Å². The lowest BCUT2D eigenvalue weighted by Gasteiger charge is -2.30. The molecule has 0 bridgehead atoms. The zero-order valence-electron chi connectivity index (χ0n) is 19.3. The van der Waals surface area contributed by atoms with Crippen molar-refractivity contribution in [1.29, 1.82) is 0 Å². The molecule has 1 fully saturated rings. The van der Waals surface area contributed by atoms with Crippen LogP contribution in [0, 0.1) is 5.92 Å². The number of H-pyrrole nitrogens is 1. The number of piperidine rings is 1. The zero-order chi connectivity index (χ0) is 25.1. The minimum absolute atomic E-state index is 0.0926. The predicted molar refractivity (Wildman–Crippen MR) is 140 cm³/mol. The lowest BCUT2D eigenvalue weighted by molar-refractivity contribution is 0.0923. The molecule has 182 valence electrons. The highest BCUT2D eigenvalue weighted by Gasteiger charge is 2.26. The number of aliphatic imine (C=N–C) groups is 1. The predicted octanol–water partition coefficient (Wildman–Crippen LogP) is 3.59. The van der Waals surface area contributed by atoms with Crippen LogP contribution in [0.1, 0.15) is 27.1 Å². The number of aromatic amines is 1. The van der Waals surface area contributed by atoms with Crippen LogP contribution >= 0.6 is 11.6 Å². The molecule has 2 aromatic heterocycles. The van der Waals surface area contributed by atoms with Crippen molar-refractivity contribution in [3.63, 3.8) is 0 Å². The number of rotatable bonds is 5. The minimum atomic E-state index is -0.375. The number of benzene rings is 2. The van der Waals surface area contributed by atoms with Crippen LogP contribution < -0.4 is 16.2 Å². The Morgan fingerprint density at radius 3 is 2.69 bits per heavy atom. The van der Waals surface area contributed by atoms with Gasteiger partial charge in [-0.2, -0.15) is 0 Å². The van der Waals surface area contributed by atoms with Crippen LogP contribution in [0.15, 0.2) is 82.8 Å². The number of halogens is 1. The van der Waals surface area contributed by atoms with Crippen molar-refractivity contribution in [3.8, 4) is 5.69 Å². The van der Waals surface area contributed by atoms with Crippen LogP contribution in [0.25, 0.3) is 16.6 Å². The van der Waals surface area contributed by atoms with Gasteiger partial charge >= 0.3 is 0 Å². The first kappa shape index (κ1) is 23.7. The van der Waals surface area contributed by atoms with Crippen LogP contribution in [0.2, 0.25) is 5.02 Å². The number of nitrogens with zero attached hydrogens (tertiary/aromatic N) is 2. The van der Waals surface area contributed by atoms with Gasteiger partial charge in [-0.05, 0) is 55.4 Å². The third kappa shape index (κ3) is 5.00. The summed E-state index contributed by atoms with van der Waals surface area (Å²) in [5, 5.41) is 7.83. The van der Waals surface area contributed by atoms with Crippen LogP contribution in [-0.4, -0.2) is 46.7 Å². The van der Waals surface area contributed by atoms with E-state index in [-0.39, 0.29) is 29.3 Å². The highest BCUT2D eigenvalue weighted by atomic mass is 35.5. The average molecular weight is 502 g/mol. The zero-order valence-corrected chi connectivity index (χ0v) is 20.0. The van der Waals surface area contributed by atoms with Crippen LogP contribution in [0.5, 0.6) is 0 Å². The van der Waals surface area contributed by atoms with E-state index >= 15 is 0 Å². The quantitative estimate of drug-likeness (QED) is 0.363. The van der Waals surface area contributed by atoms with E-state index in [4.69, 9.17) is 11.6 Å². The van der Waals surface area contributed by atoms with Gasteiger partial charge in [0, 0.05) is 70.9 Å². The molecule has 4 aromatic rings. The summed E-state index contributed by atoms with van der Waals surface area (Å²) < 4.78 is 1.50. The van der Waals surface area contributed by atoms with Crippen molar-refractivity contribution >= 4 is 40.5 Å². The third-order valence-electron chi connectivity index (χ3n) is 6.34. The molecule has 3 heterocycles. The summed E-state index contributed by atoms with van der Waals surface area (Å²) in [7, 11) is 0. The van der Waals surface area contributed by atoms with Crippen molar-refractivity contribution in [2.24, 2.45) is 10.9 Å². The molecule has 0 aliphatic carbocycles. The monoisotopic (exact) mass is 501 g/mol. The number of amides is 2. The molecule has 0 spiro atoms. The fourth-order valence-corrected chi connectivity index (χ4v) is 4.56. The van der Waals surface area contributed by atoms with Crippen LogP contribution in [0.4, 0.5) is 0 Å². The standard InChI is InChI=1S/C27H24ClN5O3/c28-22-15-30-23-13-18(6-9-21(22)23)27(36)32-24-16-29-11-10-19(24)14-31-26(35)17-4-7-20(8-5-17)33-12-2-1-3-25(33)34/h1-9,12-15,19,24,29-30H,10-11,16H2,(H,32,36)/t19?,24-/m1/s1. The summed E-state index contributed by atoms with van der Waals surface area (Å²) in [6.07, 6.45) is 5.74. The minimum Gasteiger partial charge on any atom is -0.360 e. The highest BCUT2D eigenvalue weighted by molar-refractivity contribution is 6.35. The molecule has 1 aliphatic rings. The fourth-order valence-electron chi connectivity index (χ4n) is 4.34. The number of nitrogens with one attached hydrogen (secondary N) is 3. The first-order valence-electron chi connectivity index (χ1n) is 11.6. The molecule has 1 saturated heterocycles. The summed E-state index contributed by atoms with van der Waals surface area (Å²) in [6, 6.07) is 16.8. The molecule has 1 unspecified atom stereocenters. The second-order valence-corrected chi connectivity index (χ2v) is 9.08. The molecule has 36 heavy (non-hydrogen) atoms. The molecule has 3 N–H and O–H groups in total. The molecule has 9 heteroatoms. The Hall–Kier alpha value is -4.01. The van der Waals surface area contributed by atoms with E-state index in [0.717, 1.165) is 23.9 Å². The third-order valence-corrected chi connectivity index (χ3v) is 6.66. The summed E-state index contributed by atoms with van der Waals surface area (Å²) in [5.74, 6) is -0.669. The highest BCUT2D eigenvalue weighted by Crippen LogP contribution is 2.24. The Morgan fingerprint density at radius 2 is 1.89 bits per heavy atom. The van der Waals surface area contributed by atoms with Crippen LogP contribution in [-0.2, 0) is 0 Å². The number of carbonyl (C=O) groups is 2.